The lowest BCUT2D eigenvalue weighted by molar-refractivity contribution is 0.304. The molecule has 0 saturated carbocycles. The second kappa shape index (κ2) is 5.90. The Kier molecular flexibility index (Phi) is 3.59. The van der Waals surface area contributed by atoms with Gasteiger partial charge in [-0.15, -0.1) is 0 Å². The molecule has 0 amide bonds. The molecule has 0 aliphatic rings. The molecule has 0 spiro atoms. The van der Waals surface area contributed by atoms with Crippen LogP contribution in [0.25, 0.3) is 21.9 Å². The zero-order valence-corrected chi connectivity index (χ0v) is 13.3. The molecule has 0 radical (unpaired) electrons. The predicted octanol–water partition coefficient (Wildman–Crippen LogP) is 2.43. The highest BCUT2D eigenvalue weighted by Crippen LogP contribution is 2.12. The molecule has 4 aromatic rings. The van der Waals surface area contributed by atoms with Crippen LogP contribution >= 0.6 is 0 Å². The summed E-state index contributed by atoms with van der Waals surface area (Å²) in [7, 11) is 1.97. The number of benzene rings is 2. The maximum atomic E-state index is 12.1. The van der Waals surface area contributed by atoms with Gasteiger partial charge in [0.1, 0.15) is 11.6 Å². The number of H-pyrrole nitrogens is 2. The average Bonchev–Trinajstić information content (AvgIpc) is 2.96. The van der Waals surface area contributed by atoms with Crippen molar-refractivity contribution < 1.29 is 0 Å². The predicted molar refractivity (Wildman–Crippen MR) is 93.6 cm³/mol. The van der Waals surface area contributed by atoms with Gasteiger partial charge in [-0.2, -0.15) is 0 Å². The van der Waals surface area contributed by atoms with Crippen LogP contribution in [-0.2, 0) is 13.1 Å². The van der Waals surface area contributed by atoms with E-state index in [1.54, 1.807) is 6.07 Å². The number of nitrogens with one attached hydrogen (secondary N) is 2. The summed E-state index contributed by atoms with van der Waals surface area (Å²) in [5.74, 6) is 1.54. The van der Waals surface area contributed by atoms with E-state index >= 15 is 0 Å². The molecular formula is C18H17N5O. The number of hydrogen-bond donors (Lipinski definition) is 2. The molecule has 2 heterocycles. The molecule has 24 heavy (non-hydrogen) atoms. The molecule has 2 aromatic heterocycles. The molecule has 6 nitrogen and oxygen atoms in total. The van der Waals surface area contributed by atoms with E-state index in [-0.39, 0.29) is 5.56 Å². The lowest BCUT2D eigenvalue weighted by Crippen LogP contribution is -2.22. The van der Waals surface area contributed by atoms with E-state index in [0.29, 0.717) is 29.8 Å². The molecule has 120 valence electrons. The quantitative estimate of drug-likeness (QED) is 0.605. The highest BCUT2D eigenvalue weighted by molar-refractivity contribution is 5.77. The molecule has 0 aliphatic heterocycles. The number of fused-ring (bicyclic) bond motifs is 2. The first kappa shape index (κ1) is 14.6. The molecule has 0 atom stereocenters. The Bertz CT molecular complexity index is 1030. The minimum Gasteiger partial charge on any atom is -0.341 e. The Hall–Kier alpha value is -2.99. The average molecular weight is 319 g/mol. The first-order chi connectivity index (χ1) is 11.7. The summed E-state index contributed by atoms with van der Waals surface area (Å²) in [5.41, 5.74) is 2.59. The van der Waals surface area contributed by atoms with Crippen molar-refractivity contribution >= 4 is 21.9 Å². The number of hydrogen-bond acceptors (Lipinski definition) is 4. The van der Waals surface area contributed by atoms with Crippen LogP contribution in [0.2, 0.25) is 0 Å². The Morgan fingerprint density at radius 3 is 2.29 bits per heavy atom. The first-order valence-electron chi connectivity index (χ1n) is 7.79. The third kappa shape index (κ3) is 2.79. The van der Waals surface area contributed by atoms with Gasteiger partial charge in [-0.25, -0.2) is 9.97 Å². The van der Waals surface area contributed by atoms with Crippen molar-refractivity contribution in [1.29, 1.82) is 0 Å². The Morgan fingerprint density at radius 1 is 0.875 bits per heavy atom. The molecule has 6 heteroatoms. The number of aromatic nitrogens is 4. The summed E-state index contributed by atoms with van der Waals surface area (Å²) in [6.45, 7) is 1.18. The third-order valence-corrected chi connectivity index (χ3v) is 3.94. The number of imidazole rings is 1. The van der Waals surface area contributed by atoms with Gasteiger partial charge in [0.2, 0.25) is 0 Å². The van der Waals surface area contributed by atoms with E-state index in [1.807, 2.05) is 49.5 Å². The monoisotopic (exact) mass is 319 g/mol. The van der Waals surface area contributed by atoms with Gasteiger partial charge in [0, 0.05) is 0 Å². The Labute approximate surface area is 138 Å². The van der Waals surface area contributed by atoms with Gasteiger partial charge in [0.25, 0.3) is 5.56 Å². The van der Waals surface area contributed by atoms with E-state index in [0.717, 1.165) is 16.9 Å². The first-order valence-corrected chi connectivity index (χ1v) is 7.79. The van der Waals surface area contributed by atoms with Crippen LogP contribution in [0.5, 0.6) is 0 Å². The summed E-state index contributed by atoms with van der Waals surface area (Å²) in [5, 5.41) is 0.612. The van der Waals surface area contributed by atoms with E-state index in [9.17, 15) is 4.79 Å². The minimum absolute atomic E-state index is 0.104. The molecule has 0 bridgehead atoms. The number of para-hydroxylation sites is 3. The third-order valence-electron chi connectivity index (χ3n) is 3.94. The number of rotatable bonds is 4. The summed E-state index contributed by atoms with van der Waals surface area (Å²) in [4.78, 5) is 29.5. The summed E-state index contributed by atoms with van der Waals surface area (Å²) in [6.07, 6.45) is 0. The molecule has 2 N–H and O–H groups in total. The zero-order valence-electron chi connectivity index (χ0n) is 13.3. The summed E-state index contributed by atoms with van der Waals surface area (Å²) < 4.78 is 0. The summed E-state index contributed by atoms with van der Waals surface area (Å²) in [6, 6.07) is 15.3. The normalized spacial score (nSPS) is 11.6. The van der Waals surface area contributed by atoms with E-state index in [4.69, 9.17) is 0 Å². The van der Waals surface area contributed by atoms with Crippen molar-refractivity contribution in [2.45, 2.75) is 13.1 Å². The highest BCUT2D eigenvalue weighted by atomic mass is 16.1. The number of nitrogens with zero attached hydrogens (tertiary/aromatic N) is 3. The fraction of sp³-hybridized carbons (Fsp3) is 0.167. The lowest BCUT2D eigenvalue weighted by atomic mass is 10.2. The van der Waals surface area contributed by atoms with Gasteiger partial charge in [-0.3, -0.25) is 9.69 Å². The Morgan fingerprint density at radius 2 is 1.50 bits per heavy atom. The number of aromatic amines is 2. The lowest BCUT2D eigenvalue weighted by Gasteiger charge is -2.14. The molecule has 4 rings (SSSR count). The standard InChI is InChI=1S/C18H17N5O/c1-23(10-16-20-14-8-4-5-9-15(14)21-16)11-17-19-13-7-3-2-6-12(13)18(24)22-17/h2-9H,10-11H2,1H3,(H,20,21)(H,19,22,24). The fourth-order valence-corrected chi connectivity index (χ4v) is 2.86. The van der Waals surface area contributed by atoms with Gasteiger partial charge in [-0.1, -0.05) is 24.3 Å². The van der Waals surface area contributed by atoms with Gasteiger partial charge < -0.3 is 9.97 Å². The van der Waals surface area contributed by atoms with Crippen molar-refractivity contribution in [2.75, 3.05) is 7.05 Å². The van der Waals surface area contributed by atoms with Crippen molar-refractivity contribution in [3.8, 4) is 0 Å². The molecule has 0 fully saturated rings. The van der Waals surface area contributed by atoms with Gasteiger partial charge >= 0.3 is 0 Å². The van der Waals surface area contributed by atoms with E-state index < -0.39 is 0 Å². The van der Waals surface area contributed by atoms with Crippen molar-refractivity contribution in [3.63, 3.8) is 0 Å². The largest absolute Gasteiger partial charge is 0.341 e. The van der Waals surface area contributed by atoms with Crippen LogP contribution in [-0.4, -0.2) is 31.9 Å². The second-order valence-corrected chi connectivity index (χ2v) is 5.90. The van der Waals surface area contributed by atoms with Crippen molar-refractivity contribution in [1.82, 2.24) is 24.8 Å². The van der Waals surface area contributed by atoms with Crippen molar-refractivity contribution in [2.24, 2.45) is 0 Å². The minimum atomic E-state index is -0.104. The molecule has 0 unspecified atom stereocenters. The topological polar surface area (TPSA) is 77.7 Å². The van der Waals surface area contributed by atoms with Crippen LogP contribution < -0.4 is 5.56 Å². The SMILES string of the molecule is CN(Cc1nc2ccccc2c(=O)[nH]1)Cc1nc2ccccc2[nH]1. The second-order valence-electron chi connectivity index (χ2n) is 5.90. The van der Waals surface area contributed by atoms with Gasteiger partial charge in [-0.05, 0) is 31.3 Å². The van der Waals surface area contributed by atoms with Crippen LogP contribution in [0.4, 0.5) is 0 Å². The van der Waals surface area contributed by atoms with Crippen LogP contribution in [0.1, 0.15) is 11.6 Å². The van der Waals surface area contributed by atoms with Gasteiger partial charge in [0.15, 0.2) is 0 Å². The van der Waals surface area contributed by atoms with Crippen molar-refractivity contribution in [3.05, 3.63) is 70.5 Å². The molecule has 0 aliphatic carbocycles. The smallest absolute Gasteiger partial charge is 0.258 e. The molecular weight excluding hydrogens is 302 g/mol. The Balaban J connectivity index is 1.55. The fourth-order valence-electron chi connectivity index (χ4n) is 2.86. The van der Waals surface area contributed by atoms with Crippen LogP contribution in [0.15, 0.2) is 53.3 Å². The molecule has 0 saturated heterocycles. The van der Waals surface area contributed by atoms with E-state index in [2.05, 4.69) is 24.8 Å². The summed E-state index contributed by atoms with van der Waals surface area (Å²) >= 11 is 0. The van der Waals surface area contributed by atoms with E-state index in [1.165, 1.54) is 0 Å². The van der Waals surface area contributed by atoms with Gasteiger partial charge in [0.05, 0.1) is 35.0 Å². The molecule has 2 aromatic carbocycles. The zero-order chi connectivity index (χ0) is 16.5. The highest BCUT2D eigenvalue weighted by Gasteiger charge is 2.09. The maximum Gasteiger partial charge on any atom is 0.258 e. The maximum absolute atomic E-state index is 12.1. The van der Waals surface area contributed by atoms with Crippen LogP contribution in [0.3, 0.4) is 0 Å². The van der Waals surface area contributed by atoms with Crippen LogP contribution in [0, 0.1) is 0 Å².